The summed E-state index contributed by atoms with van der Waals surface area (Å²) in [5.74, 6) is 0.125. The van der Waals surface area contributed by atoms with Crippen molar-refractivity contribution in [3.05, 3.63) is 42.4 Å². The number of ether oxygens (including phenoxy) is 2. The van der Waals surface area contributed by atoms with Gasteiger partial charge in [-0.15, -0.1) is 5.10 Å². The van der Waals surface area contributed by atoms with Gasteiger partial charge in [-0.1, -0.05) is 32.9 Å². The second-order valence-corrected chi connectivity index (χ2v) is 12.9. The average molecular weight is 550 g/mol. The van der Waals surface area contributed by atoms with E-state index < -0.39 is 23.4 Å². The molecule has 1 aliphatic heterocycles. The molecule has 3 aromatic heterocycles. The summed E-state index contributed by atoms with van der Waals surface area (Å²) >= 11 is 0. The molecule has 40 heavy (non-hydrogen) atoms. The molecular formula is C29H39N7O4. The average Bonchev–Trinajstić information content (AvgIpc) is 3.26. The van der Waals surface area contributed by atoms with Crippen molar-refractivity contribution in [2.75, 3.05) is 11.4 Å². The van der Waals surface area contributed by atoms with Crippen molar-refractivity contribution < 1.29 is 19.1 Å². The van der Waals surface area contributed by atoms with Crippen LogP contribution in [0, 0.1) is 5.41 Å². The SMILES string of the molecule is CC(C)(C)OC(=O)N(C(=O)OC(C)(C)C)c1ncc(C2=CCNC(C(C)(C)C)C2)nc1-c1nc2ccccn2n1. The number of aromatic nitrogens is 5. The quantitative estimate of drug-likeness (QED) is 0.441. The van der Waals surface area contributed by atoms with E-state index in [4.69, 9.17) is 14.5 Å². The van der Waals surface area contributed by atoms with Crippen LogP contribution in [-0.2, 0) is 9.47 Å². The summed E-state index contributed by atoms with van der Waals surface area (Å²) in [6.07, 6.45) is 4.24. The van der Waals surface area contributed by atoms with E-state index in [1.165, 1.54) is 0 Å². The third-order valence-corrected chi connectivity index (χ3v) is 6.08. The predicted octanol–water partition coefficient (Wildman–Crippen LogP) is 5.65. The number of carbonyl (C=O) groups excluding carboxylic acids is 2. The molecule has 0 bridgehead atoms. The standard InChI is InChI=1S/C29H39N7O4/c1-27(2,3)20-16-18(13-14-30-20)19-17-31-24(22(32-19)23-33-21-12-10-11-15-35(21)34-23)36(25(37)39-28(4,5)6)26(38)40-29(7,8)9/h10-13,15,17,20,30H,14,16H2,1-9H3. The number of pyridine rings is 1. The molecule has 11 nitrogen and oxygen atoms in total. The van der Waals surface area contributed by atoms with Crippen LogP contribution >= 0.6 is 0 Å². The fourth-order valence-corrected chi connectivity index (χ4v) is 4.17. The lowest BCUT2D eigenvalue weighted by Crippen LogP contribution is -2.44. The van der Waals surface area contributed by atoms with Gasteiger partial charge in [-0.25, -0.2) is 29.1 Å². The Hall–Kier alpha value is -3.86. The second-order valence-electron chi connectivity index (χ2n) is 12.9. The summed E-state index contributed by atoms with van der Waals surface area (Å²) in [6, 6.07) is 5.70. The van der Waals surface area contributed by atoms with E-state index >= 15 is 0 Å². The number of amides is 2. The van der Waals surface area contributed by atoms with Crippen LogP contribution in [0.2, 0.25) is 0 Å². The van der Waals surface area contributed by atoms with Gasteiger partial charge in [0, 0.05) is 18.8 Å². The van der Waals surface area contributed by atoms with E-state index in [1.54, 1.807) is 64.5 Å². The topological polar surface area (TPSA) is 124 Å². The molecule has 2 amide bonds. The number of nitrogens with one attached hydrogen (secondary N) is 1. The Labute approximate surface area is 235 Å². The number of rotatable bonds is 3. The van der Waals surface area contributed by atoms with Crippen LogP contribution in [0.1, 0.15) is 74.4 Å². The Bertz CT molecular complexity index is 1380. The zero-order chi connectivity index (χ0) is 29.5. The fraction of sp³-hybridized carbons (Fsp3) is 0.517. The maximum atomic E-state index is 13.5. The summed E-state index contributed by atoms with van der Waals surface area (Å²) in [7, 11) is 0. The Kier molecular flexibility index (Phi) is 7.72. The number of carbonyl (C=O) groups is 2. The molecular weight excluding hydrogens is 510 g/mol. The highest BCUT2D eigenvalue weighted by molar-refractivity contribution is 6.10. The largest absolute Gasteiger partial charge is 0.443 e. The molecule has 1 atom stereocenters. The van der Waals surface area contributed by atoms with Crippen LogP contribution in [-0.4, -0.2) is 60.5 Å². The van der Waals surface area contributed by atoms with Gasteiger partial charge in [-0.3, -0.25) is 0 Å². The van der Waals surface area contributed by atoms with Crippen LogP contribution in [0.15, 0.2) is 36.7 Å². The van der Waals surface area contributed by atoms with Crippen molar-refractivity contribution in [1.82, 2.24) is 29.9 Å². The highest BCUT2D eigenvalue weighted by atomic mass is 16.6. The fourth-order valence-electron chi connectivity index (χ4n) is 4.17. The second kappa shape index (κ2) is 10.6. The van der Waals surface area contributed by atoms with Crippen molar-refractivity contribution >= 4 is 29.2 Å². The summed E-state index contributed by atoms with van der Waals surface area (Å²) in [5.41, 5.74) is 0.617. The number of hydrogen-bond donors (Lipinski definition) is 1. The van der Waals surface area contributed by atoms with E-state index in [9.17, 15) is 9.59 Å². The molecule has 0 saturated heterocycles. The van der Waals surface area contributed by atoms with Gasteiger partial charge in [-0.2, -0.15) is 4.90 Å². The Morgan fingerprint density at radius 2 is 1.62 bits per heavy atom. The van der Waals surface area contributed by atoms with E-state index in [0.717, 1.165) is 16.9 Å². The molecule has 0 saturated carbocycles. The lowest BCUT2D eigenvalue weighted by Gasteiger charge is -2.35. The van der Waals surface area contributed by atoms with Crippen molar-refractivity contribution in [3.63, 3.8) is 0 Å². The molecule has 11 heteroatoms. The van der Waals surface area contributed by atoms with Crippen LogP contribution < -0.4 is 10.2 Å². The van der Waals surface area contributed by atoms with E-state index in [0.29, 0.717) is 17.9 Å². The van der Waals surface area contributed by atoms with Crippen molar-refractivity contribution in [2.45, 2.75) is 86.0 Å². The van der Waals surface area contributed by atoms with Gasteiger partial charge in [-0.05, 0) is 71.1 Å². The predicted molar refractivity (Wildman–Crippen MR) is 153 cm³/mol. The third-order valence-electron chi connectivity index (χ3n) is 6.08. The van der Waals surface area contributed by atoms with E-state index in [2.05, 4.69) is 47.2 Å². The molecule has 1 N–H and O–H groups in total. The number of hydrogen-bond acceptors (Lipinski definition) is 9. The first kappa shape index (κ1) is 29.1. The maximum Gasteiger partial charge on any atom is 0.425 e. The third kappa shape index (κ3) is 6.82. The lowest BCUT2D eigenvalue weighted by molar-refractivity contribution is 0.0429. The summed E-state index contributed by atoms with van der Waals surface area (Å²) < 4.78 is 12.8. The van der Waals surface area contributed by atoms with Gasteiger partial charge in [0.05, 0.1) is 11.9 Å². The minimum absolute atomic E-state index is 0.0308. The molecule has 214 valence electrons. The van der Waals surface area contributed by atoms with Crippen LogP contribution in [0.25, 0.3) is 22.7 Å². The molecule has 0 spiro atoms. The van der Waals surface area contributed by atoms with Gasteiger partial charge >= 0.3 is 12.2 Å². The first-order valence-electron chi connectivity index (χ1n) is 13.4. The smallest absolute Gasteiger partial charge is 0.425 e. The molecule has 1 aliphatic rings. The molecule has 0 fully saturated rings. The molecule has 0 aromatic carbocycles. The van der Waals surface area contributed by atoms with Crippen molar-refractivity contribution in [3.8, 4) is 11.5 Å². The Morgan fingerprint density at radius 1 is 0.975 bits per heavy atom. The zero-order valence-electron chi connectivity index (χ0n) is 24.8. The highest BCUT2D eigenvalue weighted by Gasteiger charge is 2.37. The summed E-state index contributed by atoms with van der Waals surface area (Å²) in [6.45, 7) is 17.5. The molecule has 4 rings (SSSR count). The van der Waals surface area contributed by atoms with Gasteiger partial charge in [0.1, 0.15) is 11.2 Å². The monoisotopic (exact) mass is 549 g/mol. The molecule has 0 aliphatic carbocycles. The minimum atomic E-state index is -0.942. The Morgan fingerprint density at radius 3 is 2.20 bits per heavy atom. The number of fused-ring (bicyclic) bond motifs is 1. The number of anilines is 1. The minimum Gasteiger partial charge on any atom is -0.443 e. The van der Waals surface area contributed by atoms with E-state index in [-0.39, 0.29) is 28.8 Å². The zero-order valence-corrected chi connectivity index (χ0v) is 24.8. The first-order valence-corrected chi connectivity index (χ1v) is 13.4. The van der Waals surface area contributed by atoms with Gasteiger partial charge in [0.25, 0.3) is 0 Å². The normalized spacial score (nSPS) is 16.4. The molecule has 1 unspecified atom stereocenters. The van der Waals surface area contributed by atoms with Crippen molar-refractivity contribution in [1.29, 1.82) is 0 Å². The van der Waals surface area contributed by atoms with Gasteiger partial charge in [0.15, 0.2) is 17.2 Å². The number of imide groups is 1. The first-order chi connectivity index (χ1) is 18.5. The molecule has 0 radical (unpaired) electrons. The van der Waals surface area contributed by atoms with Crippen LogP contribution in [0.3, 0.4) is 0 Å². The highest BCUT2D eigenvalue weighted by Crippen LogP contribution is 2.34. The molecule has 3 aromatic rings. The summed E-state index contributed by atoms with van der Waals surface area (Å²) in [5, 5.41) is 8.12. The lowest BCUT2D eigenvalue weighted by atomic mass is 9.81. The Balaban J connectivity index is 1.88. The number of nitrogens with zero attached hydrogens (tertiary/aromatic N) is 6. The summed E-state index contributed by atoms with van der Waals surface area (Å²) in [4.78, 5) is 41.8. The van der Waals surface area contributed by atoms with Crippen molar-refractivity contribution in [2.24, 2.45) is 5.41 Å². The van der Waals surface area contributed by atoms with Gasteiger partial charge in [0.2, 0.25) is 5.82 Å². The van der Waals surface area contributed by atoms with Crippen LogP contribution in [0.4, 0.5) is 15.4 Å². The van der Waals surface area contributed by atoms with Gasteiger partial charge < -0.3 is 14.8 Å². The van der Waals surface area contributed by atoms with Crippen LogP contribution in [0.5, 0.6) is 0 Å². The maximum absolute atomic E-state index is 13.5. The molecule has 4 heterocycles. The van der Waals surface area contributed by atoms with E-state index in [1.807, 2.05) is 12.1 Å².